The van der Waals surface area contributed by atoms with Crippen LogP contribution in [0.15, 0.2) is 41.3 Å². The molecule has 1 saturated heterocycles. The quantitative estimate of drug-likeness (QED) is 0.910. The minimum atomic E-state index is -0.193. The number of piperidine rings is 1. The number of anilines is 2. The van der Waals surface area contributed by atoms with Crippen LogP contribution in [0.3, 0.4) is 0 Å². The first-order chi connectivity index (χ1) is 10.7. The number of carbonyl (C=O) groups excluding carboxylic acids is 1. The molecule has 1 amide bonds. The third kappa shape index (κ3) is 3.62. The zero-order valence-electron chi connectivity index (χ0n) is 12.1. The first kappa shape index (κ1) is 15.0. The number of amides is 1. The lowest BCUT2D eigenvalue weighted by Gasteiger charge is -2.27. The van der Waals surface area contributed by atoms with Crippen LogP contribution in [0.5, 0.6) is 0 Å². The molecule has 3 heterocycles. The van der Waals surface area contributed by atoms with Crippen molar-refractivity contribution in [2.24, 2.45) is 0 Å². The number of aromatic nitrogens is 2. The largest absolute Gasteiger partial charge is 0.357 e. The van der Waals surface area contributed by atoms with Crippen LogP contribution < -0.4 is 10.2 Å². The molecule has 1 fully saturated rings. The molecule has 5 nitrogen and oxygen atoms in total. The summed E-state index contributed by atoms with van der Waals surface area (Å²) in [7, 11) is 0. The van der Waals surface area contributed by atoms with Crippen LogP contribution >= 0.6 is 15.9 Å². The maximum absolute atomic E-state index is 12.1. The summed E-state index contributed by atoms with van der Waals surface area (Å²) in [5.74, 6) is 0.781. The van der Waals surface area contributed by atoms with Gasteiger partial charge in [0.05, 0.1) is 17.4 Å². The van der Waals surface area contributed by atoms with Crippen LogP contribution in [0, 0.1) is 0 Å². The Bertz CT molecular complexity index is 653. The van der Waals surface area contributed by atoms with Crippen molar-refractivity contribution in [2.45, 2.75) is 19.3 Å². The van der Waals surface area contributed by atoms with E-state index in [4.69, 9.17) is 0 Å². The van der Waals surface area contributed by atoms with Gasteiger partial charge in [0, 0.05) is 30.0 Å². The maximum atomic E-state index is 12.1. The summed E-state index contributed by atoms with van der Waals surface area (Å²) in [6.07, 6.45) is 8.62. The van der Waals surface area contributed by atoms with E-state index >= 15 is 0 Å². The highest BCUT2D eigenvalue weighted by Gasteiger charge is 2.12. The Morgan fingerprint density at radius 2 is 1.95 bits per heavy atom. The third-order valence-corrected chi connectivity index (χ3v) is 4.09. The average Bonchev–Trinajstić information content (AvgIpc) is 2.56. The van der Waals surface area contributed by atoms with Crippen LogP contribution in [-0.4, -0.2) is 29.0 Å². The van der Waals surface area contributed by atoms with Gasteiger partial charge in [0.25, 0.3) is 5.91 Å². The van der Waals surface area contributed by atoms with Gasteiger partial charge in [-0.1, -0.05) is 0 Å². The molecule has 0 atom stereocenters. The second kappa shape index (κ2) is 6.87. The Balaban J connectivity index is 1.66. The van der Waals surface area contributed by atoms with Crippen molar-refractivity contribution in [2.75, 3.05) is 23.3 Å². The number of nitrogens with zero attached hydrogens (tertiary/aromatic N) is 3. The van der Waals surface area contributed by atoms with Gasteiger partial charge in [0.2, 0.25) is 0 Å². The summed E-state index contributed by atoms with van der Waals surface area (Å²) < 4.78 is 0.777. The van der Waals surface area contributed by atoms with Crippen LogP contribution in [0.25, 0.3) is 0 Å². The molecular weight excluding hydrogens is 344 g/mol. The van der Waals surface area contributed by atoms with Crippen molar-refractivity contribution < 1.29 is 4.79 Å². The normalized spacial score (nSPS) is 14.7. The highest BCUT2D eigenvalue weighted by Crippen LogP contribution is 2.19. The fraction of sp³-hybridized carbons (Fsp3) is 0.312. The molecule has 0 spiro atoms. The lowest BCUT2D eigenvalue weighted by Crippen LogP contribution is -2.30. The molecule has 2 aromatic rings. The van der Waals surface area contributed by atoms with Crippen LogP contribution in [0.2, 0.25) is 0 Å². The summed E-state index contributed by atoms with van der Waals surface area (Å²) >= 11 is 3.31. The van der Waals surface area contributed by atoms with Gasteiger partial charge in [0.1, 0.15) is 5.82 Å². The third-order valence-electron chi connectivity index (χ3n) is 3.65. The number of carbonyl (C=O) groups is 1. The van der Waals surface area contributed by atoms with Crippen molar-refractivity contribution in [3.8, 4) is 0 Å². The van der Waals surface area contributed by atoms with Crippen molar-refractivity contribution in [3.05, 3.63) is 46.8 Å². The van der Waals surface area contributed by atoms with Crippen molar-refractivity contribution in [1.82, 2.24) is 9.97 Å². The van der Waals surface area contributed by atoms with Gasteiger partial charge in [-0.25, -0.2) is 4.98 Å². The van der Waals surface area contributed by atoms with Gasteiger partial charge < -0.3 is 10.2 Å². The monoisotopic (exact) mass is 360 g/mol. The van der Waals surface area contributed by atoms with E-state index in [0.717, 1.165) is 23.4 Å². The van der Waals surface area contributed by atoms with Gasteiger partial charge >= 0.3 is 0 Å². The van der Waals surface area contributed by atoms with Gasteiger partial charge in [-0.3, -0.25) is 9.78 Å². The molecule has 0 saturated carbocycles. The van der Waals surface area contributed by atoms with E-state index in [-0.39, 0.29) is 5.91 Å². The van der Waals surface area contributed by atoms with Crippen molar-refractivity contribution in [1.29, 1.82) is 0 Å². The molecule has 1 aliphatic rings. The maximum Gasteiger partial charge on any atom is 0.257 e. The standard InChI is InChI=1S/C16H17BrN4O/c17-13-8-12(9-18-10-13)16(22)20-14-4-5-15(19-11-14)21-6-2-1-3-7-21/h4-5,8-11H,1-3,6-7H2,(H,20,22). The molecule has 2 aromatic heterocycles. The average molecular weight is 361 g/mol. The van der Waals surface area contributed by atoms with Gasteiger partial charge in [0.15, 0.2) is 0 Å². The van der Waals surface area contributed by atoms with Gasteiger partial charge in [-0.05, 0) is 53.4 Å². The summed E-state index contributed by atoms with van der Waals surface area (Å²) in [5.41, 5.74) is 1.19. The lowest BCUT2D eigenvalue weighted by molar-refractivity contribution is 0.102. The molecule has 114 valence electrons. The highest BCUT2D eigenvalue weighted by atomic mass is 79.9. The first-order valence-corrected chi connectivity index (χ1v) is 8.14. The Labute approximate surface area is 137 Å². The van der Waals surface area contributed by atoms with Crippen LogP contribution in [-0.2, 0) is 0 Å². The van der Waals surface area contributed by atoms with Gasteiger partial charge in [-0.2, -0.15) is 0 Å². The second-order valence-corrected chi connectivity index (χ2v) is 6.21. The number of hydrogen-bond acceptors (Lipinski definition) is 4. The second-order valence-electron chi connectivity index (χ2n) is 5.30. The van der Waals surface area contributed by atoms with E-state index in [1.807, 2.05) is 12.1 Å². The predicted octanol–water partition coefficient (Wildman–Crippen LogP) is 3.48. The SMILES string of the molecule is O=C(Nc1ccc(N2CCCCC2)nc1)c1cncc(Br)c1. The summed E-state index contributed by atoms with van der Waals surface area (Å²) in [5, 5.41) is 2.83. The van der Waals surface area contributed by atoms with Crippen molar-refractivity contribution >= 4 is 33.3 Å². The predicted molar refractivity (Wildman–Crippen MR) is 90.2 cm³/mol. The molecule has 1 N–H and O–H groups in total. The lowest BCUT2D eigenvalue weighted by atomic mass is 10.1. The Morgan fingerprint density at radius 1 is 1.14 bits per heavy atom. The Morgan fingerprint density at radius 3 is 2.64 bits per heavy atom. The molecule has 0 bridgehead atoms. The summed E-state index contributed by atoms with van der Waals surface area (Å²) in [6, 6.07) is 5.58. The van der Waals surface area contributed by atoms with E-state index in [9.17, 15) is 4.79 Å². The highest BCUT2D eigenvalue weighted by molar-refractivity contribution is 9.10. The molecule has 1 aliphatic heterocycles. The minimum absolute atomic E-state index is 0.193. The molecule has 22 heavy (non-hydrogen) atoms. The molecule has 0 radical (unpaired) electrons. The van der Waals surface area contributed by atoms with E-state index < -0.39 is 0 Å². The number of pyridine rings is 2. The minimum Gasteiger partial charge on any atom is -0.357 e. The van der Waals surface area contributed by atoms with Crippen LogP contribution in [0.1, 0.15) is 29.6 Å². The fourth-order valence-electron chi connectivity index (χ4n) is 2.51. The number of halogens is 1. The first-order valence-electron chi connectivity index (χ1n) is 7.35. The van der Waals surface area contributed by atoms with Crippen LogP contribution in [0.4, 0.5) is 11.5 Å². The molecule has 0 aromatic carbocycles. The fourth-order valence-corrected chi connectivity index (χ4v) is 2.87. The number of rotatable bonds is 3. The molecule has 0 unspecified atom stereocenters. The summed E-state index contributed by atoms with van der Waals surface area (Å²) in [6.45, 7) is 2.12. The zero-order valence-corrected chi connectivity index (χ0v) is 13.7. The van der Waals surface area contributed by atoms with E-state index in [1.54, 1.807) is 18.5 Å². The molecule has 3 rings (SSSR count). The topological polar surface area (TPSA) is 58.1 Å². The number of nitrogens with one attached hydrogen (secondary N) is 1. The molecule has 0 aliphatic carbocycles. The number of hydrogen-bond donors (Lipinski definition) is 1. The van der Waals surface area contributed by atoms with E-state index in [1.165, 1.54) is 25.5 Å². The summed E-state index contributed by atoms with van der Waals surface area (Å²) in [4.78, 5) is 22.9. The zero-order chi connectivity index (χ0) is 15.4. The molecular formula is C16H17BrN4O. The van der Waals surface area contributed by atoms with Crippen molar-refractivity contribution in [3.63, 3.8) is 0 Å². The van der Waals surface area contributed by atoms with E-state index in [2.05, 4.69) is 36.1 Å². The Kier molecular flexibility index (Phi) is 4.68. The Hall–Kier alpha value is -1.95. The van der Waals surface area contributed by atoms with E-state index in [0.29, 0.717) is 11.3 Å². The smallest absolute Gasteiger partial charge is 0.257 e. The molecule has 6 heteroatoms. The van der Waals surface area contributed by atoms with Gasteiger partial charge in [-0.15, -0.1) is 0 Å².